The van der Waals surface area contributed by atoms with Gasteiger partial charge in [-0.3, -0.25) is 0 Å². The fourth-order valence-corrected chi connectivity index (χ4v) is 1.90. The number of nitrogens with one attached hydrogen (secondary N) is 1. The van der Waals surface area contributed by atoms with Gasteiger partial charge in [0.25, 0.3) is 0 Å². The molecule has 0 amide bonds. The maximum Gasteiger partial charge on any atom is 0.141 e. The molecule has 1 aromatic carbocycles. The molecule has 1 atom stereocenters. The number of benzene rings is 1. The molecule has 0 saturated carbocycles. The van der Waals surface area contributed by atoms with Crippen molar-refractivity contribution in [3.05, 3.63) is 35.9 Å². The van der Waals surface area contributed by atoms with Crippen molar-refractivity contribution < 1.29 is 5.21 Å². The lowest BCUT2D eigenvalue weighted by molar-refractivity contribution is 0.315. The molecule has 0 fully saturated rings. The lowest BCUT2D eigenvalue weighted by atomic mass is 10.0. The van der Waals surface area contributed by atoms with E-state index in [0.717, 1.165) is 17.9 Å². The summed E-state index contributed by atoms with van der Waals surface area (Å²) in [6.07, 6.45) is 2.58. The highest BCUT2D eigenvalue weighted by Crippen LogP contribution is 2.16. The second kappa shape index (κ2) is 7.97. The van der Waals surface area contributed by atoms with Gasteiger partial charge in [-0.1, -0.05) is 35.5 Å². The highest BCUT2D eigenvalue weighted by atomic mass is 32.2. The Kier molecular flexibility index (Phi) is 6.50. The molecular weight excluding hydrogens is 234 g/mol. The van der Waals surface area contributed by atoms with Crippen LogP contribution in [0, 0.1) is 0 Å². The number of hydrogen-bond acceptors (Lipinski definition) is 4. The standard InChI is InChI=1S/C12H19N3OS/c1-17-8-7-14-11(9-12(13)15-16)10-5-3-2-4-6-10/h2-6,11,14,16H,7-9H2,1H3,(H2,13,15). The van der Waals surface area contributed by atoms with E-state index in [1.807, 2.05) is 30.3 Å². The zero-order chi connectivity index (χ0) is 12.5. The van der Waals surface area contributed by atoms with Crippen LogP contribution in [0.3, 0.4) is 0 Å². The Morgan fingerprint density at radius 2 is 2.18 bits per heavy atom. The first-order chi connectivity index (χ1) is 8.27. The second-order valence-electron chi connectivity index (χ2n) is 3.71. The Balaban J connectivity index is 2.65. The minimum atomic E-state index is 0.0965. The van der Waals surface area contributed by atoms with Crippen LogP contribution in [0.4, 0.5) is 0 Å². The Bertz CT molecular complexity index is 343. The van der Waals surface area contributed by atoms with E-state index in [9.17, 15) is 0 Å². The quantitative estimate of drug-likeness (QED) is 0.228. The monoisotopic (exact) mass is 253 g/mol. The first kappa shape index (κ1) is 13.9. The molecule has 0 aromatic heterocycles. The van der Waals surface area contributed by atoms with Crippen LogP contribution in [0.15, 0.2) is 35.5 Å². The SMILES string of the molecule is CSCCNC(C/C(N)=N/O)c1ccccc1. The molecule has 1 aromatic rings. The molecule has 0 bridgehead atoms. The van der Waals surface area contributed by atoms with Crippen LogP contribution in [-0.2, 0) is 0 Å². The summed E-state index contributed by atoms with van der Waals surface area (Å²) in [5, 5.41) is 15.1. The third kappa shape index (κ3) is 5.10. The molecule has 0 heterocycles. The van der Waals surface area contributed by atoms with Crippen molar-refractivity contribution in [2.45, 2.75) is 12.5 Å². The number of amidine groups is 1. The van der Waals surface area contributed by atoms with Gasteiger partial charge in [0.1, 0.15) is 5.84 Å². The van der Waals surface area contributed by atoms with E-state index in [1.165, 1.54) is 0 Å². The van der Waals surface area contributed by atoms with Crippen molar-refractivity contribution in [1.29, 1.82) is 0 Å². The van der Waals surface area contributed by atoms with Crippen molar-refractivity contribution in [3.63, 3.8) is 0 Å². The number of thioether (sulfide) groups is 1. The molecule has 5 heteroatoms. The molecule has 94 valence electrons. The molecule has 1 unspecified atom stereocenters. The zero-order valence-electron chi connectivity index (χ0n) is 9.97. The summed E-state index contributed by atoms with van der Waals surface area (Å²) in [5.41, 5.74) is 6.72. The lowest BCUT2D eigenvalue weighted by Crippen LogP contribution is -2.28. The summed E-state index contributed by atoms with van der Waals surface area (Å²) in [5.74, 6) is 1.29. The Labute approximate surface area is 106 Å². The van der Waals surface area contributed by atoms with Crippen LogP contribution in [0.25, 0.3) is 0 Å². The second-order valence-corrected chi connectivity index (χ2v) is 4.69. The molecule has 4 nitrogen and oxygen atoms in total. The first-order valence-electron chi connectivity index (χ1n) is 5.51. The van der Waals surface area contributed by atoms with Gasteiger partial charge in [-0.15, -0.1) is 0 Å². The van der Waals surface area contributed by atoms with Crippen LogP contribution in [0.1, 0.15) is 18.0 Å². The van der Waals surface area contributed by atoms with Crippen LogP contribution in [0.2, 0.25) is 0 Å². The smallest absolute Gasteiger partial charge is 0.141 e. The van der Waals surface area contributed by atoms with E-state index in [1.54, 1.807) is 11.8 Å². The van der Waals surface area contributed by atoms with Crippen molar-refractivity contribution in [2.75, 3.05) is 18.6 Å². The highest BCUT2D eigenvalue weighted by Gasteiger charge is 2.12. The van der Waals surface area contributed by atoms with Crippen LogP contribution in [0.5, 0.6) is 0 Å². The topological polar surface area (TPSA) is 70.6 Å². The van der Waals surface area contributed by atoms with Crippen LogP contribution >= 0.6 is 11.8 Å². The Morgan fingerprint density at radius 3 is 2.76 bits per heavy atom. The van der Waals surface area contributed by atoms with E-state index >= 15 is 0 Å². The average molecular weight is 253 g/mol. The van der Waals surface area contributed by atoms with Gasteiger partial charge in [0.2, 0.25) is 0 Å². The fraction of sp³-hybridized carbons (Fsp3) is 0.417. The van der Waals surface area contributed by atoms with Gasteiger partial charge < -0.3 is 16.3 Å². The molecule has 4 N–H and O–H groups in total. The van der Waals surface area contributed by atoms with Crippen molar-refractivity contribution in [3.8, 4) is 0 Å². The molecule has 17 heavy (non-hydrogen) atoms. The fourth-order valence-electron chi connectivity index (χ4n) is 1.58. The third-order valence-electron chi connectivity index (χ3n) is 2.44. The minimum Gasteiger partial charge on any atom is -0.409 e. The summed E-state index contributed by atoms with van der Waals surface area (Å²) in [4.78, 5) is 0. The van der Waals surface area contributed by atoms with E-state index in [4.69, 9.17) is 10.9 Å². The van der Waals surface area contributed by atoms with Gasteiger partial charge in [-0.2, -0.15) is 11.8 Å². The normalized spacial score (nSPS) is 13.6. The van der Waals surface area contributed by atoms with E-state index < -0.39 is 0 Å². The predicted molar refractivity (Wildman–Crippen MR) is 73.6 cm³/mol. The van der Waals surface area contributed by atoms with Gasteiger partial charge in [0, 0.05) is 24.8 Å². The van der Waals surface area contributed by atoms with E-state index in [-0.39, 0.29) is 11.9 Å². The predicted octanol–water partition coefficient (Wildman–Crippen LogP) is 1.82. The number of rotatable bonds is 7. The van der Waals surface area contributed by atoms with Crippen molar-refractivity contribution in [1.82, 2.24) is 5.32 Å². The first-order valence-corrected chi connectivity index (χ1v) is 6.91. The van der Waals surface area contributed by atoms with Gasteiger partial charge in [-0.05, 0) is 11.8 Å². The maximum atomic E-state index is 8.63. The van der Waals surface area contributed by atoms with Gasteiger partial charge in [0.15, 0.2) is 0 Å². The third-order valence-corrected chi connectivity index (χ3v) is 3.05. The Hall–Kier alpha value is -1.20. The summed E-state index contributed by atoms with van der Waals surface area (Å²) in [6, 6.07) is 10.1. The molecular formula is C12H19N3OS. The highest BCUT2D eigenvalue weighted by molar-refractivity contribution is 7.98. The van der Waals surface area contributed by atoms with Crippen molar-refractivity contribution >= 4 is 17.6 Å². The van der Waals surface area contributed by atoms with E-state index in [0.29, 0.717) is 6.42 Å². The molecule has 0 radical (unpaired) electrons. The molecule has 1 rings (SSSR count). The Morgan fingerprint density at radius 1 is 1.47 bits per heavy atom. The zero-order valence-corrected chi connectivity index (χ0v) is 10.8. The summed E-state index contributed by atoms with van der Waals surface area (Å²) in [7, 11) is 0. The minimum absolute atomic E-state index is 0.0965. The van der Waals surface area contributed by atoms with Gasteiger partial charge in [-0.25, -0.2) is 0 Å². The number of nitrogens with zero attached hydrogens (tertiary/aromatic N) is 1. The number of oxime groups is 1. The number of nitrogens with two attached hydrogens (primary N) is 1. The lowest BCUT2D eigenvalue weighted by Gasteiger charge is -2.18. The van der Waals surface area contributed by atoms with Crippen LogP contribution in [-0.4, -0.2) is 29.6 Å². The molecule has 0 saturated heterocycles. The average Bonchev–Trinajstić information content (AvgIpc) is 2.38. The summed E-state index contributed by atoms with van der Waals surface area (Å²) >= 11 is 1.79. The summed E-state index contributed by atoms with van der Waals surface area (Å²) in [6.45, 7) is 0.902. The molecule has 0 aliphatic carbocycles. The molecule has 0 aliphatic rings. The van der Waals surface area contributed by atoms with Crippen LogP contribution < -0.4 is 11.1 Å². The van der Waals surface area contributed by atoms with Gasteiger partial charge in [0.05, 0.1) is 0 Å². The maximum absolute atomic E-state index is 8.63. The number of hydrogen-bond donors (Lipinski definition) is 3. The largest absolute Gasteiger partial charge is 0.409 e. The summed E-state index contributed by atoms with van der Waals surface area (Å²) < 4.78 is 0. The van der Waals surface area contributed by atoms with Gasteiger partial charge >= 0.3 is 0 Å². The van der Waals surface area contributed by atoms with Crippen molar-refractivity contribution in [2.24, 2.45) is 10.9 Å². The molecule has 0 aliphatic heterocycles. The van der Waals surface area contributed by atoms with E-state index in [2.05, 4.69) is 16.7 Å². The molecule has 0 spiro atoms.